The number of piperidine rings is 1. The smallest absolute Gasteiger partial charge is 0.146 e. The molecule has 4 atom stereocenters. The Morgan fingerprint density at radius 2 is 1.69 bits per heavy atom. The molecule has 1 aliphatic heterocycles. The fraction of sp³-hybridized carbons (Fsp3) is 0.769. The average Bonchev–Trinajstić information content (AvgIpc) is 3.22. The molecule has 1 aromatic carbocycles. The second-order valence-corrected chi connectivity index (χ2v) is 9.42. The van der Waals surface area contributed by atoms with Gasteiger partial charge in [0.2, 0.25) is 0 Å². The minimum absolute atomic E-state index is 0.287. The highest BCUT2D eigenvalue weighted by Gasteiger charge is 2.47. The summed E-state index contributed by atoms with van der Waals surface area (Å²) < 4.78 is 27.3. The third-order valence-electron chi connectivity index (χ3n) is 7.21. The topological polar surface area (TPSA) is 58.2 Å². The molecule has 0 bridgehead atoms. The van der Waals surface area contributed by atoms with E-state index in [9.17, 15) is 0 Å². The van der Waals surface area contributed by atoms with E-state index in [1.165, 1.54) is 44.9 Å². The van der Waals surface area contributed by atoms with Crippen molar-refractivity contribution in [3.05, 3.63) is 24.3 Å². The standard InChI is InChI=1S/C26H43NO5/c1-21(19-32-24-12-10-23(29-3)11-13-24)25-9-5-15-26(25)14-4-7-22(27-26)8-6-16-30-20-31-18-17-28-2/h10-13,21-22,25,27H,4-9,14-20H2,1-3H3/t21-,22+,25+,26+/m0/s1. The van der Waals surface area contributed by atoms with Crippen LogP contribution in [-0.4, -0.2) is 59.0 Å². The molecular weight excluding hydrogens is 406 g/mol. The fourth-order valence-electron chi connectivity index (χ4n) is 5.62. The number of hydrogen-bond donors (Lipinski definition) is 1. The lowest BCUT2D eigenvalue weighted by molar-refractivity contribution is -0.0669. The van der Waals surface area contributed by atoms with Gasteiger partial charge in [-0.2, -0.15) is 0 Å². The number of hydrogen-bond acceptors (Lipinski definition) is 6. The van der Waals surface area contributed by atoms with Crippen molar-refractivity contribution < 1.29 is 23.7 Å². The average molecular weight is 450 g/mol. The fourth-order valence-corrected chi connectivity index (χ4v) is 5.62. The summed E-state index contributed by atoms with van der Waals surface area (Å²) in [6, 6.07) is 8.50. The first kappa shape index (κ1) is 25.3. The highest BCUT2D eigenvalue weighted by atomic mass is 16.7. The number of ether oxygens (including phenoxy) is 5. The predicted octanol–water partition coefficient (Wildman–Crippen LogP) is 4.81. The number of benzene rings is 1. The Hall–Kier alpha value is -1.34. The maximum Gasteiger partial charge on any atom is 0.146 e. The third-order valence-corrected chi connectivity index (χ3v) is 7.21. The lowest BCUT2D eigenvalue weighted by Crippen LogP contribution is -2.57. The van der Waals surface area contributed by atoms with Crippen LogP contribution in [0.3, 0.4) is 0 Å². The van der Waals surface area contributed by atoms with Gasteiger partial charge in [0, 0.05) is 25.3 Å². The maximum atomic E-state index is 6.15. The molecule has 2 aliphatic rings. The predicted molar refractivity (Wildman–Crippen MR) is 126 cm³/mol. The summed E-state index contributed by atoms with van der Waals surface area (Å²) in [4.78, 5) is 0. The van der Waals surface area contributed by atoms with Crippen LogP contribution in [0.2, 0.25) is 0 Å². The molecule has 182 valence electrons. The molecule has 2 fully saturated rings. The lowest BCUT2D eigenvalue weighted by Gasteiger charge is -2.46. The van der Waals surface area contributed by atoms with Gasteiger partial charge in [-0.1, -0.05) is 19.8 Å². The van der Waals surface area contributed by atoms with Gasteiger partial charge in [-0.15, -0.1) is 0 Å². The molecule has 0 radical (unpaired) electrons. The van der Waals surface area contributed by atoms with Crippen LogP contribution in [0, 0.1) is 11.8 Å². The molecule has 1 N–H and O–H groups in total. The zero-order valence-corrected chi connectivity index (χ0v) is 20.3. The summed E-state index contributed by atoms with van der Waals surface area (Å²) in [5.74, 6) is 2.99. The van der Waals surface area contributed by atoms with Crippen molar-refractivity contribution in [2.24, 2.45) is 11.8 Å². The Morgan fingerprint density at radius 3 is 2.44 bits per heavy atom. The van der Waals surface area contributed by atoms with E-state index in [2.05, 4.69) is 12.2 Å². The summed E-state index contributed by atoms with van der Waals surface area (Å²) in [7, 11) is 3.37. The van der Waals surface area contributed by atoms with Gasteiger partial charge in [-0.25, -0.2) is 0 Å². The lowest BCUT2D eigenvalue weighted by atomic mass is 9.73. The van der Waals surface area contributed by atoms with Crippen molar-refractivity contribution in [1.82, 2.24) is 5.32 Å². The Balaban J connectivity index is 1.41. The monoisotopic (exact) mass is 449 g/mol. The molecule has 6 nitrogen and oxygen atoms in total. The molecule has 1 saturated carbocycles. The van der Waals surface area contributed by atoms with E-state index in [-0.39, 0.29) is 5.54 Å². The molecule has 0 aromatic heterocycles. The SMILES string of the molecule is COCCOCOCCC[C@H]1CCC[C@]2(CCC[C@@H]2[C@@H](C)COc2ccc(OC)cc2)N1. The zero-order valence-electron chi connectivity index (χ0n) is 20.3. The van der Waals surface area contributed by atoms with Crippen molar-refractivity contribution in [2.75, 3.05) is 47.4 Å². The van der Waals surface area contributed by atoms with Gasteiger partial charge < -0.3 is 29.0 Å². The van der Waals surface area contributed by atoms with E-state index in [4.69, 9.17) is 23.7 Å². The Labute approximate surface area is 194 Å². The zero-order chi connectivity index (χ0) is 22.7. The van der Waals surface area contributed by atoms with Crippen LogP contribution in [0.1, 0.15) is 58.3 Å². The van der Waals surface area contributed by atoms with Crippen LogP contribution in [0.15, 0.2) is 24.3 Å². The van der Waals surface area contributed by atoms with E-state index >= 15 is 0 Å². The first-order chi connectivity index (χ1) is 15.7. The summed E-state index contributed by atoms with van der Waals surface area (Å²) in [6.07, 6.45) is 10.0. The Kier molecular flexibility index (Phi) is 10.6. The molecule has 1 spiro atoms. The molecule has 0 amide bonds. The number of methoxy groups -OCH3 is 2. The summed E-state index contributed by atoms with van der Waals surface area (Å²) in [6.45, 7) is 5.45. The molecule has 0 unspecified atom stereocenters. The van der Waals surface area contributed by atoms with Gasteiger partial charge in [0.1, 0.15) is 18.3 Å². The summed E-state index contributed by atoms with van der Waals surface area (Å²) in [5, 5.41) is 4.12. The van der Waals surface area contributed by atoms with E-state index in [0.29, 0.717) is 37.9 Å². The molecule has 1 aliphatic carbocycles. The van der Waals surface area contributed by atoms with Gasteiger partial charge in [-0.05, 0) is 74.6 Å². The Bertz CT molecular complexity index is 640. The van der Waals surface area contributed by atoms with Crippen LogP contribution in [0.25, 0.3) is 0 Å². The van der Waals surface area contributed by atoms with Gasteiger partial charge in [0.25, 0.3) is 0 Å². The first-order valence-electron chi connectivity index (χ1n) is 12.4. The number of nitrogens with one attached hydrogen (secondary N) is 1. The molecule has 6 heteroatoms. The highest BCUT2D eigenvalue weighted by molar-refractivity contribution is 5.31. The van der Waals surface area contributed by atoms with Crippen LogP contribution in [0.4, 0.5) is 0 Å². The third kappa shape index (κ3) is 7.34. The molecule has 1 saturated heterocycles. The quantitative estimate of drug-likeness (QED) is 0.325. The van der Waals surface area contributed by atoms with E-state index in [1.54, 1.807) is 14.2 Å². The van der Waals surface area contributed by atoms with Crippen LogP contribution in [0.5, 0.6) is 11.5 Å². The van der Waals surface area contributed by atoms with Crippen LogP contribution >= 0.6 is 0 Å². The minimum Gasteiger partial charge on any atom is -0.497 e. The summed E-state index contributed by atoms with van der Waals surface area (Å²) >= 11 is 0. The molecule has 1 heterocycles. The van der Waals surface area contributed by atoms with Crippen molar-refractivity contribution >= 4 is 0 Å². The van der Waals surface area contributed by atoms with Crippen LogP contribution < -0.4 is 14.8 Å². The van der Waals surface area contributed by atoms with E-state index in [0.717, 1.165) is 31.1 Å². The van der Waals surface area contributed by atoms with E-state index < -0.39 is 0 Å². The molecule has 3 rings (SSSR count). The largest absolute Gasteiger partial charge is 0.497 e. The van der Waals surface area contributed by atoms with Crippen molar-refractivity contribution in [3.63, 3.8) is 0 Å². The van der Waals surface area contributed by atoms with Gasteiger partial charge in [0.15, 0.2) is 0 Å². The van der Waals surface area contributed by atoms with Gasteiger partial charge >= 0.3 is 0 Å². The Morgan fingerprint density at radius 1 is 0.969 bits per heavy atom. The normalized spacial score (nSPS) is 26.3. The highest BCUT2D eigenvalue weighted by Crippen LogP contribution is 2.46. The first-order valence-corrected chi connectivity index (χ1v) is 12.4. The second-order valence-electron chi connectivity index (χ2n) is 9.42. The number of rotatable bonds is 14. The summed E-state index contributed by atoms with van der Waals surface area (Å²) in [5.41, 5.74) is 0.287. The van der Waals surface area contributed by atoms with Crippen molar-refractivity contribution in [1.29, 1.82) is 0 Å². The molecule has 32 heavy (non-hydrogen) atoms. The van der Waals surface area contributed by atoms with E-state index in [1.807, 2.05) is 24.3 Å². The van der Waals surface area contributed by atoms with Crippen molar-refractivity contribution in [2.45, 2.75) is 69.9 Å². The molecule has 1 aromatic rings. The van der Waals surface area contributed by atoms with Gasteiger partial charge in [-0.3, -0.25) is 0 Å². The minimum atomic E-state index is 0.287. The second kappa shape index (κ2) is 13.4. The molecular formula is C26H43NO5. The van der Waals surface area contributed by atoms with Gasteiger partial charge in [0.05, 0.1) is 26.9 Å². The van der Waals surface area contributed by atoms with Crippen LogP contribution in [-0.2, 0) is 14.2 Å². The maximum absolute atomic E-state index is 6.15. The van der Waals surface area contributed by atoms with Crippen molar-refractivity contribution in [3.8, 4) is 11.5 Å².